The molecular formula is C17H16ClN3O5S. The van der Waals surface area contributed by atoms with Crippen LogP contribution in [0.1, 0.15) is 0 Å². The second kappa shape index (κ2) is 7.55. The molecule has 0 saturated carbocycles. The van der Waals surface area contributed by atoms with E-state index in [1.165, 1.54) is 31.3 Å². The first-order valence-corrected chi connectivity index (χ1v) is 9.66. The molecule has 1 aliphatic heterocycles. The molecule has 2 N–H and O–H groups in total. The fourth-order valence-corrected chi connectivity index (χ4v) is 3.80. The van der Waals surface area contributed by atoms with Gasteiger partial charge in [0.25, 0.3) is 5.91 Å². The van der Waals surface area contributed by atoms with Gasteiger partial charge in [-0.15, -0.1) is 0 Å². The smallest absolute Gasteiger partial charge is 0.262 e. The predicted octanol–water partition coefficient (Wildman–Crippen LogP) is 1.93. The summed E-state index contributed by atoms with van der Waals surface area (Å²) < 4.78 is 31.2. The Hall–Kier alpha value is -2.62. The van der Waals surface area contributed by atoms with Crippen molar-refractivity contribution in [2.24, 2.45) is 0 Å². The Morgan fingerprint density at radius 3 is 2.70 bits per heavy atom. The highest BCUT2D eigenvalue weighted by Crippen LogP contribution is 2.36. The minimum atomic E-state index is -3.79. The number of halogens is 1. The van der Waals surface area contributed by atoms with Crippen molar-refractivity contribution in [3.05, 3.63) is 47.5 Å². The molecule has 0 unspecified atom stereocenters. The number of ether oxygens (including phenoxy) is 1. The highest BCUT2D eigenvalue weighted by molar-refractivity contribution is 7.89. The number of carbonyl (C=O) groups is 2. The van der Waals surface area contributed by atoms with Crippen molar-refractivity contribution < 1.29 is 22.7 Å². The van der Waals surface area contributed by atoms with E-state index < -0.39 is 22.5 Å². The van der Waals surface area contributed by atoms with E-state index in [0.29, 0.717) is 11.4 Å². The van der Waals surface area contributed by atoms with Gasteiger partial charge in [-0.3, -0.25) is 9.59 Å². The molecule has 0 saturated heterocycles. The summed E-state index contributed by atoms with van der Waals surface area (Å²) in [6.07, 6.45) is 0. The first kappa shape index (κ1) is 19.2. The Bertz CT molecular complexity index is 995. The monoisotopic (exact) mass is 409 g/mol. The number of hydrogen-bond donors (Lipinski definition) is 2. The van der Waals surface area contributed by atoms with Gasteiger partial charge in [0.05, 0.1) is 27.8 Å². The lowest BCUT2D eigenvalue weighted by molar-refractivity contribution is -0.118. The van der Waals surface area contributed by atoms with E-state index in [9.17, 15) is 18.0 Å². The van der Waals surface area contributed by atoms with E-state index in [1.54, 1.807) is 18.2 Å². The Morgan fingerprint density at radius 2 is 2.00 bits per heavy atom. The number of nitrogens with one attached hydrogen (secondary N) is 2. The zero-order chi connectivity index (χ0) is 19.6. The average molecular weight is 410 g/mol. The molecular weight excluding hydrogens is 394 g/mol. The lowest BCUT2D eigenvalue weighted by Gasteiger charge is -2.20. The molecule has 0 radical (unpaired) electrons. The maximum Gasteiger partial charge on any atom is 0.262 e. The largest absolute Gasteiger partial charge is 0.482 e. The van der Waals surface area contributed by atoms with Crippen LogP contribution in [0, 0.1) is 0 Å². The van der Waals surface area contributed by atoms with Crippen LogP contribution in [0.15, 0.2) is 47.4 Å². The predicted molar refractivity (Wildman–Crippen MR) is 100 cm³/mol. The van der Waals surface area contributed by atoms with Gasteiger partial charge in [-0.2, -0.15) is 4.31 Å². The van der Waals surface area contributed by atoms with Crippen LogP contribution in [0.5, 0.6) is 5.75 Å². The summed E-state index contributed by atoms with van der Waals surface area (Å²) in [7, 11) is -2.48. The van der Waals surface area contributed by atoms with Crippen LogP contribution in [0.2, 0.25) is 5.02 Å². The standard InChI is InChI=1S/C17H16ClN3O5S/c1-21(27(24,25)11-5-3-2-4-6-11)9-16(22)19-13-8-15-14(7-12(13)18)20-17(23)10-26-15/h2-8H,9-10H2,1H3,(H,19,22)(H,20,23). The summed E-state index contributed by atoms with van der Waals surface area (Å²) in [6, 6.07) is 10.7. The summed E-state index contributed by atoms with van der Waals surface area (Å²) in [6.45, 7) is -0.539. The SMILES string of the molecule is CN(CC(=O)Nc1cc2c(cc1Cl)NC(=O)CO2)S(=O)(=O)c1ccccc1. The number of hydrogen-bond acceptors (Lipinski definition) is 5. The van der Waals surface area contributed by atoms with Crippen LogP contribution >= 0.6 is 11.6 Å². The Morgan fingerprint density at radius 1 is 1.30 bits per heavy atom. The van der Waals surface area contributed by atoms with Crippen molar-refractivity contribution in [3.8, 4) is 5.75 Å². The van der Waals surface area contributed by atoms with Gasteiger partial charge in [0, 0.05) is 13.1 Å². The van der Waals surface area contributed by atoms with Crippen molar-refractivity contribution in [2.45, 2.75) is 4.90 Å². The normalized spacial score (nSPS) is 13.5. The number of fused-ring (bicyclic) bond motifs is 1. The van der Waals surface area contributed by atoms with Crippen molar-refractivity contribution in [1.29, 1.82) is 0 Å². The van der Waals surface area contributed by atoms with E-state index >= 15 is 0 Å². The van der Waals surface area contributed by atoms with Crippen molar-refractivity contribution in [3.63, 3.8) is 0 Å². The second-order valence-electron chi connectivity index (χ2n) is 5.79. The zero-order valence-electron chi connectivity index (χ0n) is 14.2. The third kappa shape index (κ3) is 4.21. The molecule has 0 atom stereocenters. The lowest BCUT2D eigenvalue weighted by atomic mass is 10.2. The van der Waals surface area contributed by atoms with Crippen LogP contribution in [-0.4, -0.2) is 44.7 Å². The van der Waals surface area contributed by atoms with Gasteiger partial charge in [0.2, 0.25) is 15.9 Å². The summed E-state index contributed by atoms with van der Waals surface area (Å²) in [4.78, 5) is 23.7. The third-order valence-corrected chi connectivity index (χ3v) is 5.92. The molecule has 142 valence electrons. The van der Waals surface area contributed by atoms with Crippen molar-refractivity contribution in [2.75, 3.05) is 30.8 Å². The van der Waals surface area contributed by atoms with Gasteiger partial charge in [0.1, 0.15) is 5.75 Å². The molecule has 0 spiro atoms. The summed E-state index contributed by atoms with van der Waals surface area (Å²) in [5.41, 5.74) is 0.653. The molecule has 3 rings (SSSR count). The molecule has 2 aromatic rings. The molecule has 0 aromatic heterocycles. The van der Waals surface area contributed by atoms with Gasteiger partial charge < -0.3 is 15.4 Å². The number of nitrogens with zero attached hydrogens (tertiary/aromatic N) is 1. The first-order chi connectivity index (χ1) is 12.8. The van der Waals surface area contributed by atoms with Gasteiger partial charge in [-0.05, 0) is 18.2 Å². The topological polar surface area (TPSA) is 105 Å². The maximum atomic E-state index is 12.5. The number of likely N-dealkylation sites (N-methyl/N-ethyl adjacent to an activating group) is 1. The molecule has 8 nitrogen and oxygen atoms in total. The lowest BCUT2D eigenvalue weighted by Crippen LogP contribution is -2.35. The van der Waals surface area contributed by atoms with Crippen molar-refractivity contribution in [1.82, 2.24) is 4.31 Å². The van der Waals surface area contributed by atoms with E-state index in [1.807, 2.05) is 0 Å². The third-order valence-electron chi connectivity index (χ3n) is 3.79. The van der Waals surface area contributed by atoms with Gasteiger partial charge in [-0.25, -0.2) is 8.42 Å². The Labute approximate surface area is 161 Å². The van der Waals surface area contributed by atoms with E-state index in [4.69, 9.17) is 16.3 Å². The summed E-state index contributed by atoms with van der Waals surface area (Å²) >= 11 is 6.12. The molecule has 0 fully saturated rings. The number of carbonyl (C=O) groups excluding carboxylic acids is 2. The van der Waals surface area contributed by atoms with Crippen LogP contribution in [-0.2, 0) is 19.6 Å². The molecule has 1 heterocycles. The minimum Gasteiger partial charge on any atom is -0.482 e. The highest BCUT2D eigenvalue weighted by atomic mass is 35.5. The van der Waals surface area contributed by atoms with Crippen LogP contribution < -0.4 is 15.4 Å². The minimum absolute atomic E-state index is 0.0938. The summed E-state index contributed by atoms with van der Waals surface area (Å²) in [5, 5.41) is 5.34. The number of sulfonamides is 1. The highest BCUT2D eigenvalue weighted by Gasteiger charge is 2.24. The molecule has 2 amide bonds. The fourth-order valence-electron chi connectivity index (χ4n) is 2.45. The van der Waals surface area contributed by atoms with Crippen LogP contribution in [0.3, 0.4) is 0 Å². The fraction of sp³-hybridized carbons (Fsp3) is 0.176. The number of benzene rings is 2. The molecule has 1 aliphatic rings. The quantitative estimate of drug-likeness (QED) is 0.785. The van der Waals surface area contributed by atoms with Gasteiger partial charge in [-0.1, -0.05) is 29.8 Å². The number of amides is 2. The summed E-state index contributed by atoms with van der Waals surface area (Å²) in [5.74, 6) is -0.513. The van der Waals surface area contributed by atoms with Crippen LogP contribution in [0.4, 0.5) is 11.4 Å². The average Bonchev–Trinajstić information content (AvgIpc) is 2.63. The maximum absolute atomic E-state index is 12.5. The molecule has 10 heteroatoms. The molecule has 0 bridgehead atoms. The van der Waals surface area contributed by atoms with E-state index in [0.717, 1.165) is 4.31 Å². The van der Waals surface area contributed by atoms with Gasteiger partial charge >= 0.3 is 0 Å². The molecule has 27 heavy (non-hydrogen) atoms. The van der Waals surface area contributed by atoms with Crippen molar-refractivity contribution >= 4 is 44.8 Å². The molecule has 0 aliphatic carbocycles. The van der Waals surface area contributed by atoms with E-state index in [2.05, 4.69) is 10.6 Å². The second-order valence-corrected chi connectivity index (χ2v) is 8.24. The van der Waals surface area contributed by atoms with E-state index in [-0.39, 0.29) is 28.1 Å². The number of anilines is 2. The first-order valence-electron chi connectivity index (χ1n) is 7.85. The molecule has 2 aromatic carbocycles. The van der Waals surface area contributed by atoms with Crippen LogP contribution in [0.25, 0.3) is 0 Å². The van der Waals surface area contributed by atoms with Gasteiger partial charge in [0.15, 0.2) is 6.61 Å². The Balaban J connectivity index is 1.72. The number of rotatable bonds is 5. The Kier molecular flexibility index (Phi) is 5.36. The zero-order valence-corrected chi connectivity index (χ0v) is 15.8.